The summed E-state index contributed by atoms with van der Waals surface area (Å²) in [5.74, 6) is -1.08. The molecule has 0 bridgehead atoms. The van der Waals surface area contributed by atoms with Gasteiger partial charge in [-0.05, 0) is 47.4 Å². The van der Waals surface area contributed by atoms with Gasteiger partial charge >= 0.3 is 12.1 Å². The molecule has 7 nitrogen and oxygen atoms in total. The van der Waals surface area contributed by atoms with Crippen molar-refractivity contribution in [3.8, 4) is 11.1 Å². The minimum Gasteiger partial charge on any atom is -0.481 e. The molecule has 35 heavy (non-hydrogen) atoms. The Morgan fingerprint density at radius 2 is 1.63 bits per heavy atom. The maximum absolute atomic E-state index is 12.8. The molecule has 186 valence electrons. The fraction of sp³-hybridized carbons (Fsp3) is 0.464. The second-order valence-electron chi connectivity index (χ2n) is 9.60. The lowest BCUT2D eigenvalue weighted by Crippen LogP contribution is -2.45. The van der Waals surface area contributed by atoms with E-state index in [9.17, 15) is 14.4 Å². The molecule has 0 heterocycles. The van der Waals surface area contributed by atoms with E-state index >= 15 is 0 Å². The summed E-state index contributed by atoms with van der Waals surface area (Å²) in [5, 5.41) is 14.9. The molecule has 0 spiro atoms. The van der Waals surface area contributed by atoms with Crippen LogP contribution in [0.25, 0.3) is 11.1 Å². The Kier molecular flexibility index (Phi) is 8.06. The number of alkyl carbamates (subject to hydrolysis) is 1. The normalized spacial score (nSPS) is 19.8. The number of carboxylic acid groups (broad SMARTS) is 1. The minimum atomic E-state index is -0.926. The zero-order valence-corrected chi connectivity index (χ0v) is 20.2. The third kappa shape index (κ3) is 6.02. The van der Waals surface area contributed by atoms with E-state index in [2.05, 4.69) is 34.9 Å². The van der Waals surface area contributed by atoms with Gasteiger partial charge in [-0.25, -0.2) is 4.79 Å². The van der Waals surface area contributed by atoms with Crippen LogP contribution >= 0.6 is 0 Å². The van der Waals surface area contributed by atoms with Gasteiger partial charge in [-0.2, -0.15) is 0 Å². The third-order valence-electron chi connectivity index (χ3n) is 7.28. The fourth-order valence-corrected chi connectivity index (χ4v) is 5.47. The van der Waals surface area contributed by atoms with Crippen LogP contribution in [0.3, 0.4) is 0 Å². The van der Waals surface area contributed by atoms with E-state index in [0.717, 1.165) is 25.7 Å². The lowest BCUT2D eigenvalue weighted by Gasteiger charge is -2.32. The molecule has 2 aliphatic rings. The van der Waals surface area contributed by atoms with Gasteiger partial charge in [-0.15, -0.1) is 0 Å². The summed E-state index contributed by atoms with van der Waals surface area (Å²) in [5.41, 5.74) is 4.70. The van der Waals surface area contributed by atoms with Gasteiger partial charge in [-0.1, -0.05) is 68.3 Å². The van der Waals surface area contributed by atoms with Crippen LogP contribution in [0.15, 0.2) is 48.5 Å². The molecule has 2 aromatic rings. The van der Waals surface area contributed by atoms with Gasteiger partial charge in [0, 0.05) is 24.4 Å². The third-order valence-corrected chi connectivity index (χ3v) is 7.28. The molecule has 0 aromatic heterocycles. The van der Waals surface area contributed by atoms with Crippen molar-refractivity contribution in [2.45, 2.75) is 69.9 Å². The van der Waals surface area contributed by atoms with Crippen LogP contribution in [0.5, 0.6) is 0 Å². The van der Waals surface area contributed by atoms with Crippen molar-refractivity contribution in [2.75, 3.05) is 6.61 Å². The van der Waals surface area contributed by atoms with Gasteiger partial charge in [0.2, 0.25) is 5.91 Å². The first-order chi connectivity index (χ1) is 17.0. The zero-order valence-electron chi connectivity index (χ0n) is 20.2. The largest absolute Gasteiger partial charge is 0.481 e. The van der Waals surface area contributed by atoms with E-state index in [0.29, 0.717) is 6.42 Å². The number of fused-ring (bicyclic) bond motifs is 3. The predicted octanol–water partition coefficient (Wildman–Crippen LogP) is 4.84. The number of benzene rings is 2. The van der Waals surface area contributed by atoms with E-state index in [-0.39, 0.29) is 49.3 Å². The second-order valence-corrected chi connectivity index (χ2v) is 9.60. The van der Waals surface area contributed by atoms with E-state index in [1.807, 2.05) is 31.2 Å². The summed E-state index contributed by atoms with van der Waals surface area (Å²) < 4.78 is 5.71. The number of amides is 2. The van der Waals surface area contributed by atoms with Crippen molar-refractivity contribution in [1.82, 2.24) is 10.6 Å². The number of aliphatic carboxylic acids is 1. The van der Waals surface area contributed by atoms with Crippen molar-refractivity contribution >= 4 is 18.0 Å². The number of hydrogen-bond acceptors (Lipinski definition) is 4. The Morgan fingerprint density at radius 3 is 2.26 bits per heavy atom. The summed E-state index contributed by atoms with van der Waals surface area (Å²) in [7, 11) is 0. The minimum absolute atomic E-state index is 0.00120. The van der Waals surface area contributed by atoms with Crippen molar-refractivity contribution in [2.24, 2.45) is 5.92 Å². The number of carbonyl (C=O) groups excluding carboxylic acids is 2. The van der Waals surface area contributed by atoms with E-state index < -0.39 is 12.1 Å². The lowest BCUT2D eigenvalue weighted by atomic mass is 9.82. The quantitative estimate of drug-likeness (QED) is 0.478. The number of rotatable bonds is 9. The Labute approximate surface area is 206 Å². The lowest BCUT2D eigenvalue weighted by molar-refractivity contribution is -0.137. The van der Waals surface area contributed by atoms with Gasteiger partial charge in [-0.3, -0.25) is 9.59 Å². The van der Waals surface area contributed by atoms with E-state index in [4.69, 9.17) is 9.84 Å². The van der Waals surface area contributed by atoms with E-state index in [1.54, 1.807) is 0 Å². The van der Waals surface area contributed by atoms with Crippen LogP contribution < -0.4 is 10.6 Å². The molecule has 1 fully saturated rings. The summed E-state index contributed by atoms with van der Waals surface area (Å²) in [6, 6.07) is 15.9. The Balaban J connectivity index is 1.33. The molecular formula is C28H34N2O5. The van der Waals surface area contributed by atoms with Crippen LogP contribution in [0.2, 0.25) is 0 Å². The number of carboxylic acids is 1. The van der Waals surface area contributed by atoms with Crippen LogP contribution in [0, 0.1) is 5.92 Å². The molecular weight excluding hydrogens is 444 g/mol. The first kappa shape index (κ1) is 24.8. The molecule has 2 aromatic carbocycles. The number of ether oxygens (including phenoxy) is 1. The maximum Gasteiger partial charge on any atom is 0.407 e. The molecule has 7 heteroatoms. The van der Waals surface area contributed by atoms with Gasteiger partial charge < -0.3 is 20.5 Å². The summed E-state index contributed by atoms with van der Waals surface area (Å²) in [6.07, 6.45) is 3.92. The molecule has 0 radical (unpaired) electrons. The average molecular weight is 479 g/mol. The zero-order chi connectivity index (χ0) is 24.8. The average Bonchev–Trinajstić information content (AvgIpc) is 3.17. The monoisotopic (exact) mass is 478 g/mol. The SMILES string of the molecule is CCC(CC(=O)O)NC(=O)C[C@@H]1CCCC[C@@H]1NC(=O)OCC1c2ccccc2-c2ccccc21. The predicted molar refractivity (Wildman–Crippen MR) is 133 cm³/mol. The van der Waals surface area contributed by atoms with Crippen molar-refractivity contribution in [1.29, 1.82) is 0 Å². The van der Waals surface area contributed by atoms with Crippen LogP contribution in [-0.2, 0) is 14.3 Å². The Morgan fingerprint density at radius 1 is 1.00 bits per heavy atom. The van der Waals surface area contributed by atoms with Gasteiger partial charge in [0.15, 0.2) is 0 Å². The molecule has 1 unspecified atom stereocenters. The number of hydrogen-bond donors (Lipinski definition) is 3. The molecule has 3 N–H and O–H groups in total. The van der Waals surface area contributed by atoms with E-state index in [1.165, 1.54) is 22.3 Å². The van der Waals surface area contributed by atoms with Gasteiger partial charge in [0.1, 0.15) is 6.61 Å². The van der Waals surface area contributed by atoms with Gasteiger partial charge in [0.25, 0.3) is 0 Å². The second kappa shape index (κ2) is 11.4. The highest BCUT2D eigenvalue weighted by Crippen LogP contribution is 2.44. The molecule has 2 aliphatic carbocycles. The van der Waals surface area contributed by atoms with Crippen molar-refractivity contribution in [3.05, 3.63) is 59.7 Å². The fourth-order valence-electron chi connectivity index (χ4n) is 5.47. The smallest absolute Gasteiger partial charge is 0.407 e. The van der Waals surface area contributed by atoms with Gasteiger partial charge in [0.05, 0.1) is 6.42 Å². The summed E-state index contributed by atoms with van der Waals surface area (Å²) >= 11 is 0. The summed E-state index contributed by atoms with van der Waals surface area (Å²) in [6.45, 7) is 2.11. The van der Waals surface area contributed by atoms with Crippen LogP contribution in [0.1, 0.15) is 68.9 Å². The molecule has 1 saturated carbocycles. The highest BCUT2D eigenvalue weighted by Gasteiger charge is 2.32. The van der Waals surface area contributed by atoms with Crippen molar-refractivity contribution < 1.29 is 24.2 Å². The molecule has 2 amide bonds. The topological polar surface area (TPSA) is 105 Å². The van der Waals surface area contributed by atoms with Crippen LogP contribution in [0.4, 0.5) is 4.79 Å². The standard InChI is InChI=1S/C28H34N2O5/c1-2-19(16-27(32)33)29-26(31)15-18-9-3-8-14-25(18)30-28(34)35-17-24-22-12-6-4-10-20(22)21-11-5-7-13-23(21)24/h4-7,10-13,18-19,24-25H,2-3,8-9,14-17H2,1H3,(H,29,31)(H,30,34)(H,32,33)/t18-,19?,25-/m0/s1. The summed E-state index contributed by atoms with van der Waals surface area (Å²) in [4.78, 5) is 36.3. The number of nitrogens with one attached hydrogen (secondary N) is 2. The highest BCUT2D eigenvalue weighted by molar-refractivity contribution is 5.79. The molecule has 3 atom stereocenters. The maximum atomic E-state index is 12.8. The molecule has 4 rings (SSSR count). The Bertz CT molecular complexity index is 1020. The molecule has 0 aliphatic heterocycles. The number of carbonyl (C=O) groups is 3. The molecule has 0 saturated heterocycles. The highest BCUT2D eigenvalue weighted by atomic mass is 16.5. The van der Waals surface area contributed by atoms with Crippen LogP contribution in [-0.4, -0.2) is 41.8 Å². The Hall–Kier alpha value is -3.35. The van der Waals surface area contributed by atoms with Crippen molar-refractivity contribution in [3.63, 3.8) is 0 Å². The first-order valence-electron chi connectivity index (χ1n) is 12.6. The first-order valence-corrected chi connectivity index (χ1v) is 12.6.